The molecule has 0 radical (unpaired) electrons. The summed E-state index contributed by atoms with van der Waals surface area (Å²) in [5, 5.41) is 0.292. The van der Waals surface area contributed by atoms with Gasteiger partial charge in [0.25, 0.3) is 5.92 Å². The van der Waals surface area contributed by atoms with Crippen molar-refractivity contribution in [2.75, 3.05) is 5.33 Å². The van der Waals surface area contributed by atoms with Gasteiger partial charge in [0.2, 0.25) is 0 Å². The SMILES string of the molecule is FC(F)(F)CC(F)(F)CCCBr. The van der Waals surface area contributed by atoms with Crippen LogP contribution in [-0.4, -0.2) is 17.4 Å². The Kier molecular flexibility index (Phi) is 4.44. The van der Waals surface area contributed by atoms with E-state index in [1.165, 1.54) is 0 Å². The lowest BCUT2D eigenvalue weighted by molar-refractivity contribution is -0.189. The topological polar surface area (TPSA) is 0 Å². The normalized spacial score (nSPS) is 13.5. The van der Waals surface area contributed by atoms with Crippen molar-refractivity contribution in [2.45, 2.75) is 31.4 Å². The molecule has 74 valence electrons. The molecule has 0 nitrogen and oxygen atoms in total. The van der Waals surface area contributed by atoms with Gasteiger partial charge < -0.3 is 0 Å². The summed E-state index contributed by atoms with van der Waals surface area (Å²) in [6.45, 7) is 0. The lowest BCUT2D eigenvalue weighted by atomic mass is 10.1. The first-order valence-electron chi connectivity index (χ1n) is 3.27. The molecule has 0 unspecified atom stereocenters. The van der Waals surface area contributed by atoms with E-state index >= 15 is 0 Å². The quantitative estimate of drug-likeness (QED) is 0.530. The number of hydrogen-bond donors (Lipinski definition) is 0. The molecule has 0 spiro atoms. The van der Waals surface area contributed by atoms with Crippen LogP contribution < -0.4 is 0 Å². The summed E-state index contributed by atoms with van der Waals surface area (Å²) in [6.07, 6.45) is -7.48. The van der Waals surface area contributed by atoms with E-state index in [1.807, 2.05) is 0 Å². The van der Waals surface area contributed by atoms with Gasteiger partial charge in [-0.2, -0.15) is 13.2 Å². The molecule has 0 N–H and O–H groups in total. The van der Waals surface area contributed by atoms with Crippen LogP contribution in [0.15, 0.2) is 0 Å². The highest BCUT2D eigenvalue weighted by Gasteiger charge is 2.42. The van der Waals surface area contributed by atoms with Crippen molar-refractivity contribution in [1.82, 2.24) is 0 Å². The smallest absolute Gasteiger partial charge is 0.207 e. The van der Waals surface area contributed by atoms with E-state index in [9.17, 15) is 22.0 Å². The Morgan fingerprint density at radius 1 is 1.00 bits per heavy atom. The average molecular weight is 255 g/mol. The molecule has 0 aliphatic heterocycles. The van der Waals surface area contributed by atoms with Gasteiger partial charge in [0, 0.05) is 11.8 Å². The van der Waals surface area contributed by atoms with E-state index in [-0.39, 0.29) is 6.42 Å². The zero-order valence-corrected chi connectivity index (χ0v) is 7.68. The highest BCUT2D eigenvalue weighted by Crippen LogP contribution is 2.34. The molecule has 0 aliphatic rings. The fourth-order valence-corrected chi connectivity index (χ4v) is 0.987. The van der Waals surface area contributed by atoms with E-state index in [4.69, 9.17) is 0 Å². The second-order valence-corrected chi connectivity index (χ2v) is 3.23. The lowest BCUT2D eigenvalue weighted by Gasteiger charge is -2.17. The molecule has 0 amide bonds. The van der Waals surface area contributed by atoms with Crippen LogP contribution in [0.4, 0.5) is 22.0 Å². The van der Waals surface area contributed by atoms with Gasteiger partial charge in [-0.1, -0.05) is 15.9 Å². The van der Waals surface area contributed by atoms with Crippen molar-refractivity contribution in [3.63, 3.8) is 0 Å². The third-order valence-corrected chi connectivity index (χ3v) is 1.70. The van der Waals surface area contributed by atoms with Crippen molar-refractivity contribution in [3.05, 3.63) is 0 Å². The number of halogens is 6. The van der Waals surface area contributed by atoms with Crippen molar-refractivity contribution >= 4 is 15.9 Å². The summed E-state index contributed by atoms with van der Waals surface area (Å²) in [5.74, 6) is -3.62. The summed E-state index contributed by atoms with van der Waals surface area (Å²) >= 11 is 2.87. The minimum absolute atomic E-state index is 0.0447. The van der Waals surface area contributed by atoms with Crippen LogP contribution >= 0.6 is 15.9 Å². The molecule has 0 saturated carbocycles. The maximum Gasteiger partial charge on any atom is 0.394 e. The Hall–Kier alpha value is 0.130. The molecule has 0 saturated heterocycles. The van der Waals surface area contributed by atoms with Crippen LogP contribution in [0, 0.1) is 0 Å². The van der Waals surface area contributed by atoms with Gasteiger partial charge in [-0.05, 0) is 6.42 Å². The maximum absolute atomic E-state index is 12.4. The monoisotopic (exact) mass is 254 g/mol. The van der Waals surface area contributed by atoms with Gasteiger partial charge in [-0.25, -0.2) is 8.78 Å². The van der Waals surface area contributed by atoms with Gasteiger partial charge in [0.1, 0.15) is 6.42 Å². The summed E-state index contributed by atoms with van der Waals surface area (Å²) in [4.78, 5) is 0. The molecule has 0 aromatic heterocycles. The molecule has 0 aliphatic carbocycles. The van der Waals surface area contributed by atoms with Gasteiger partial charge in [0.15, 0.2) is 0 Å². The number of hydrogen-bond acceptors (Lipinski definition) is 0. The first-order valence-corrected chi connectivity index (χ1v) is 4.39. The van der Waals surface area contributed by atoms with Gasteiger partial charge in [-0.3, -0.25) is 0 Å². The van der Waals surface area contributed by atoms with Crippen molar-refractivity contribution in [1.29, 1.82) is 0 Å². The Morgan fingerprint density at radius 2 is 1.50 bits per heavy atom. The second kappa shape index (κ2) is 4.39. The molecule has 6 heteroatoms. The van der Waals surface area contributed by atoms with Gasteiger partial charge >= 0.3 is 6.18 Å². The van der Waals surface area contributed by atoms with Crippen molar-refractivity contribution in [3.8, 4) is 0 Å². The van der Waals surface area contributed by atoms with Crippen LogP contribution in [0.25, 0.3) is 0 Å². The van der Waals surface area contributed by atoms with Crippen LogP contribution in [0.3, 0.4) is 0 Å². The molecule has 0 fully saturated rings. The van der Waals surface area contributed by atoms with Crippen LogP contribution in [0.1, 0.15) is 19.3 Å². The van der Waals surface area contributed by atoms with E-state index in [0.717, 1.165) is 0 Å². The van der Waals surface area contributed by atoms with E-state index in [2.05, 4.69) is 15.9 Å². The zero-order chi connectivity index (χ0) is 9.83. The molecule has 0 rings (SSSR count). The van der Waals surface area contributed by atoms with Crippen LogP contribution in [-0.2, 0) is 0 Å². The van der Waals surface area contributed by atoms with Gasteiger partial charge in [0.05, 0.1) is 0 Å². The Labute approximate surface area is 75.3 Å². The predicted molar refractivity (Wildman–Crippen MR) is 38.6 cm³/mol. The van der Waals surface area contributed by atoms with E-state index < -0.39 is 24.9 Å². The highest BCUT2D eigenvalue weighted by molar-refractivity contribution is 9.09. The zero-order valence-electron chi connectivity index (χ0n) is 6.10. The Morgan fingerprint density at radius 3 is 1.83 bits per heavy atom. The lowest BCUT2D eigenvalue weighted by Crippen LogP contribution is -2.25. The largest absolute Gasteiger partial charge is 0.394 e. The Balaban J connectivity index is 3.86. The van der Waals surface area contributed by atoms with Crippen molar-refractivity contribution in [2.24, 2.45) is 0 Å². The van der Waals surface area contributed by atoms with Gasteiger partial charge in [-0.15, -0.1) is 0 Å². The highest BCUT2D eigenvalue weighted by atomic mass is 79.9. The molecule has 12 heavy (non-hydrogen) atoms. The molecule has 0 aromatic carbocycles. The first kappa shape index (κ1) is 12.1. The summed E-state index contributed by atoms with van der Waals surface area (Å²) in [5.41, 5.74) is 0. The molecular weight excluding hydrogens is 247 g/mol. The maximum atomic E-state index is 12.4. The average Bonchev–Trinajstić information content (AvgIpc) is 1.78. The minimum Gasteiger partial charge on any atom is -0.207 e. The van der Waals surface area contributed by atoms with Crippen molar-refractivity contribution < 1.29 is 22.0 Å². The number of alkyl halides is 6. The third-order valence-electron chi connectivity index (χ3n) is 1.14. The third kappa shape index (κ3) is 6.82. The molecule has 0 heterocycles. The number of rotatable bonds is 4. The fraction of sp³-hybridized carbons (Fsp3) is 1.00. The molecule has 0 aromatic rings. The van der Waals surface area contributed by atoms with E-state index in [0.29, 0.717) is 5.33 Å². The standard InChI is InChI=1S/C6H8BrF5/c7-3-1-2-5(8,9)4-6(10,11)12/h1-4H2. The predicted octanol–water partition coefficient (Wildman–Crippen LogP) is 3.75. The van der Waals surface area contributed by atoms with Crippen LogP contribution in [0.5, 0.6) is 0 Å². The fourth-order valence-electron chi connectivity index (χ4n) is 0.707. The van der Waals surface area contributed by atoms with E-state index in [1.54, 1.807) is 0 Å². The summed E-state index contributed by atoms with van der Waals surface area (Å²) in [6, 6.07) is 0. The molecule has 0 bridgehead atoms. The Bertz CT molecular complexity index is 130. The molecule has 0 atom stereocenters. The van der Waals surface area contributed by atoms with Crippen LogP contribution in [0.2, 0.25) is 0 Å². The minimum atomic E-state index is -4.78. The molecular formula is C6H8BrF5. The summed E-state index contributed by atoms with van der Waals surface area (Å²) < 4.78 is 59.2. The first-order chi connectivity index (χ1) is 5.27. The summed E-state index contributed by atoms with van der Waals surface area (Å²) in [7, 11) is 0. The second-order valence-electron chi connectivity index (χ2n) is 2.44.